The summed E-state index contributed by atoms with van der Waals surface area (Å²) >= 11 is 0. The minimum absolute atomic E-state index is 0.204. The molecule has 0 aliphatic carbocycles. The molecule has 0 bridgehead atoms. The molecule has 0 aromatic carbocycles. The molecule has 0 aromatic rings. The number of amides is 1. The van der Waals surface area contributed by atoms with Crippen molar-refractivity contribution in [3.63, 3.8) is 0 Å². The Morgan fingerprint density at radius 3 is 1.12 bits per heavy atom. The van der Waals surface area contributed by atoms with Crippen LogP contribution >= 0.6 is 0 Å². The number of carbonyl (C=O) groups excluding carboxylic acids is 1. The van der Waals surface area contributed by atoms with Gasteiger partial charge < -0.3 is 65.1 Å². The molecule has 12 atom stereocenters. The van der Waals surface area contributed by atoms with Crippen LogP contribution in [0.25, 0.3) is 0 Å². The van der Waals surface area contributed by atoms with Gasteiger partial charge in [0.25, 0.3) is 0 Å². The second-order valence-electron chi connectivity index (χ2n) is 23.3. The number of aliphatic hydroxyl groups excluding tert-OH is 8. The van der Waals surface area contributed by atoms with Crippen LogP contribution in [0.15, 0.2) is 0 Å². The van der Waals surface area contributed by atoms with Gasteiger partial charge in [0.1, 0.15) is 48.8 Å². The Morgan fingerprint density at radius 2 is 0.750 bits per heavy atom. The average Bonchev–Trinajstić information content (AvgIpc) is 3.42. The number of hydrogen-bond donors (Lipinski definition) is 9. The first-order valence-electron chi connectivity index (χ1n) is 32.3. The number of aliphatic hydroxyl groups is 8. The Labute approximate surface area is 464 Å². The molecule has 14 nitrogen and oxygen atoms in total. The number of rotatable bonds is 53. The minimum Gasteiger partial charge on any atom is -0.394 e. The van der Waals surface area contributed by atoms with E-state index >= 15 is 0 Å². The molecule has 1 amide bonds. The smallest absolute Gasteiger partial charge is 0.220 e. The van der Waals surface area contributed by atoms with Crippen molar-refractivity contribution in [3.05, 3.63) is 0 Å². The van der Waals surface area contributed by atoms with Crippen LogP contribution in [0.3, 0.4) is 0 Å². The molecule has 9 N–H and O–H groups in total. The zero-order valence-corrected chi connectivity index (χ0v) is 48.8. The molecule has 2 aliphatic heterocycles. The van der Waals surface area contributed by atoms with Gasteiger partial charge in [-0.05, 0) is 12.8 Å². The first kappa shape index (κ1) is 71.1. The third kappa shape index (κ3) is 33.7. The van der Waals surface area contributed by atoms with Gasteiger partial charge in [-0.15, -0.1) is 0 Å². The van der Waals surface area contributed by atoms with Crippen molar-refractivity contribution in [2.24, 2.45) is 0 Å². The van der Waals surface area contributed by atoms with Gasteiger partial charge in [-0.2, -0.15) is 0 Å². The van der Waals surface area contributed by atoms with Gasteiger partial charge in [0, 0.05) is 6.42 Å². The van der Waals surface area contributed by atoms with E-state index in [1.165, 1.54) is 218 Å². The zero-order valence-electron chi connectivity index (χ0n) is 48.8. The van der Waals surface area contributed by atoms with Crippen LogP contribution in [0.1, 0.15) is 296 Å². The van der Waals surface area contributed by atoms with Crippen LogP contribution in [0.5, 0.6) is 0 Å². The third-order valence-corrected chi connectivity index (χ3v) is 16.3. The van der Waals surface area contributed by atoms with Crippen LogP contribution in [-0.4, -0.2) is 140 Å². The van der Waals surface area contributed by atoms with Gasteiger partial charge in [-0.1, -0.05) is 277 Å². The molecule has 2 fully saturated rings. The van der Waals surface area contributed by atoms with E-state index in [9.17, 15) is 45.6 Å². The molecular weight excluding hydrogens is 967 g/mol. The van der Waals surface area contributed by atoms with Crippen molar-refractivity contribution in [1.29, 1.82) is 0 Å². The molecule has 2 heterocycles. The fourth-order valence-electron chi connectivity index (χ4n) is 11.1. The highest BCUT2D eigenvalue weighted by Crippen LogP contribution is 2.30. The molecule has 14 heteroatoms. The Hall–Kier alpha value is -1.01. The number of unbranched alkanes of at least 4 members (excludes halogenated alkanes) is 40. The Morgan fingerprint density at radius 1 is 0.421 bits per heavy atom. The predicted molar refractivity (Wildman–Crippen MR) is 305 cm³/mol. The van der Waals surface area contributed by atoms with Gasteiger partial charge in [-0.25, -0.2) is 0 Å². The van der Waals surface area contributed by atoms with E-state index in [0.29, 0.717) is 12.8 Å². The number of nitrogens with one attached hydrogen (secondary N) is 1. The lowest BCUT2D eigenvalue weighted by Gasteiger charge is -2.46. The SMILES string of the molecule is CCCCCCCCCCCCCCCCCCCCCCCCCCCCCCCCCCCCCC(=O)NC(COC1OC(CO)C(OC2OC(CO)C(O)C(O)C2O)C(O)C1O)C(O)CCCCCCCCC. The van der Waals surface area contributed by atoms with Gasteiger partial charge >= 0.3 is 0 Å². The molecule has 2 rings (SSSR count). The molecule has 0 aromatic heterocycles. The maximum Gasteiger partial charge on any atom is 0.220 e. The van der Waals surface area contributed by atoms with E-state index in [-0.39, 0.29) is 12.5 Å². The molecule has 0 radical (unpaired) electrons. The van der Waals surface area contributed by atoms with Crippen molar-refractivity contribution >= 4 is 5.91 Å². The fourth-order valence-corrected chi connectivity index (χ4v) is 11.1. The second kappa shape index (κ2) is 48.7. The van der Waals surface area contributed by atoms with Crippen LogP contribution in [0, 0.1) is 0 Å². The van der Waals surface area contributed by atoms with Crippen molar-refractivity contribution < 1.29 is 64.6 Å². The fraction of sp³-hybridized carbons (Fsp3) is 0.984. The van der Waals surface area contributed by atoms with Gasteiger partial charge in [-0.3, -0.25) is 4.79 Å². The number of hydrogen-bond acceptors (Lipinski definition) is 13. The molecule has 2 aliphatic rings. The summed E-state index contributed by atoms with van der Waals surface area (Å²) < 4.78 is 22.7. The summed E-state index contributed by atoms with van der Waals surface area (Å²) in [6.45, 7) is 2.83. The lowest BCUT2D eigenvalue weighted by molar-refractivity contribution is -0.359. The van der Waals surface area contributed by atoms with E-state index in [1.807, 2.05) is 0 Å². The van der Waals surface area contributed by atoms with E-state index in [4.69, 9.17) is 18.9 Å². The first-order valence-corrected chi connectivity index (χ1v) is 32.3. The quantitative estimate of drug-likeness (QED) is 0.0259. The van der Waals surface area contributed by atoms with Crippen LogP contribution in [-0.2, 0) is 23.7 Å². The summed E-state index contributed by atoms with van der Waals surface area (Å²) in [7, 11) is 0. The van der Waals surface area contributed by atoms with Crippen LogP contribution < -0.4 is 5.32 Å². The van der Waals surface area contributed by atoms with E-state index in [1.54, 1.807) is 0 Å². The molecule has 0 spiro atoms. The maximum atomic E-state index is 13.2. The topological polar surface area (TPSA) is 228 Å². The molecule has 76 heavy (non-hydrogen) atoms. The predicted octanol–water partition coefficient (Wildman–Crippen LogP) is 11.7. The monoisotopic (exact) mass is 1090 g/mol. The van der Waals surface area contributed by atoms with Gasteiger partial charge in [0.2, 0.25) is 5.91 Å². The van der Waals surface area contributed by atoms with E-state index in [0.717, 1.165) is 51.4 Å². The molecular formula is C62H121NO13. The largest absolute Gasteiger partial charge is 0.394 e. The number of ether oxygens (including phenoxy) is 4. The Bertz CT molecular complexity index is 1280. The highest BCUT2D eigenvalue weighted by molar-refractivity contribution is 5.76. The van der Waals surface area contributed by atoms with E-state index in [2.05, 4.69) is 19.2 Å². The highest BCUT2D eigenvalue weighted by atomic mass is 16.7. The molecule has 0 saturated carbocycles. The second-order valence-corrected chi connectivity index (χ2v) is 23.3. The maximum absolute atomic E-state index is 13.2. The summed E-state index contributed by atoms with van der Waals surface area (Å²) in [4.78, 5) is 13.2. The summed E-state index contributed by atoms with van der Waals surface area (Å²) in [6.07, 6.45) is 39.1. The molecule has 2 saturated heterocycles. The Balaban J connectivity index is 1.51. The average molecular weight is 1090 g/mol. The minimum atomic E-state index is -1.78. The third-order valence-electron chi connectivity index (χ3n) is 16.3. The van der Waals surface area contributed by atoms with Crippen molar-refractivity contribution in [1.82, 2.24) is 5.32 Å². The van der Waals surface area contributed by atoms with Crippen molar-refractivity contribution in [2.75, 3.05) is 19.8 Å². The van der Waals surface area contributed by atoms with E-state index < -0.39 is 86.8 Å². The Kier molecular flexibility index (Phi) is 45.5. The first-order chi connectivity index (χ1) is 37.1. The number of carbonyl (C=O) groups is 1. The normalized spacial score (nSPS) is 24.8. The van der Waals surface area contributed by atoms with Gasteiger partial charge in [0.05, 0.1) is 32.0 Å². The standard InChI is InChI=1S/C62H121NO13/c1-3-5-7-9-11-12-13-14-15-16-17-18-19-20-21-22-23-24-25-26-27-28-29-30-31-32-33-34-35-36-37-38-40-42-44-46-54(67)63-50(51(66)45-43-41-39-10-8-6-4-2)49-73-61-59(72)57(70)60(53(48-65)75-61)76-62-58(71)56(69)55(68)52(47-64)74-62/h50-53,55-62,64-66,68-72H,3-49H2,1-2H3,(H,63,67). The molecule has 452 valence electrons. The lowest BCUT2D eigenvalue weighted by atomic mass is 9.97. The summed E-state index contributed by atoms with van der Waals surface area (Å²) in [5, 5.41) is 86.8. The van der Waals surface area contributed by atoms with Crippen LogP contribution in [0.2, 0.25) is 0 Å². The van der Waals surface area contributed by atoms with Crippen molar-refractivity contribution in [3.8, 4) is 0 Å². The highest BCUT2D eigenvalue weighted by Gasteiger charge is 2.51. The molecule has 12 unspecified atom stereocenters. The van der Waals surface area contributed by atoms with Crippen molar-refractivity contribution in [2.45, 2.75) is 370 Å². The lowest BCUT2D eigenvalue weighted by Crippen LogP contribution is -2.65. The summed E-state index contributed by atoms with van der Waals surface area (Å²) in [5.41, 5.74) is 0. The summed E-state index contributed by atoms with van der Waals surface area (Å²) in [5.74, 6) is -0.204. The van der Waals surface area contributed by atoms with Crippen LogP contribution in [0.4, 0.5) is 0 Å². The van der Waals surface area contributed by atoms with Gasteiger partial charge in [0.15, 0.2) is 12.6 Å². The summed E-state index contributed by atoms with van der Waals surface area (Å²) in [6, 6.07) is -0.820. The zero-order chi connectivity index (χ0) is 55.3.